The van der Waals surface area contributed by atoms with Crippen LogP contribution in [0.1, 0.15) is 129 Å². The molecule has 12 atom stereocenters. The van der Waals surface area contributed by atoms with Crippen LogP contribution >= 0.6 is 0 Å². The monoisotopic (exact) mass is 622 g/mol. The minimum Gasteiger partial charge on any atom is -0.377 e. The summed E-state index contributed by atoms with van der Waals surface area (Å²) in [6.45, 7) is 4.50. The number of rotatable bonds is 2. The van der Waals surface area contributed by atoms with Crippen molar-refractivity contribution in [3.63, 3.8) is 0 Å². The minimum absolute atomic E-state index is 0.190. The molecule has 0 aromatic rings. The molecule has 0 saturated heterocycles. The van der Waals surface area contributed by atoms with Gasteiger partial charge in [0.15, 0.2) is 11.6 Å². The topological polar surface area (TPSA) is 74.6 Å². The number of ketones is 2. The number of hydrogen-bond donors (Lipinski definition) is 2. The van der Waals surface area contributed by atoms with Crippen molar-refractivity contribution in [2.75, 3.05) is 0 Å². The van der Waals surface area contributed by atoms with E-state index in [1.165, 1.54) is 11.1 Å². The molecule has 46 heavy (non-hydrogen) atoms. The second-order valence-electron chi connectivity index (χ2n) is 17.0. The molecule has 2 N–H and O–H groups in total. The first-order valence-electron chi connectivity index (χ1n) is 19.1. The predicted molar refractivity (Wildman–Crippen MR) is 179 cm³/mol. The van der Waals surface area contributed by atoms with E-state index in [9.17, 15) is 19.8 Å². The van der Waals surface area contributed by atoms with Crippen molar-refractivity contribution >= 4 is 11.6 Å². The maximum atomic E-state index is 12.3. The van der Waals surface area contributed by atoms with Gasteiger partial charge in [-0.3, -0.25) is 9.59 Å². The second-order valence-corrected chi connectivity index (χ2v) is 17.0. The Labute approximate surface area is 276 Å². The number of carbonyl (C=O) groups is 2. The van der Waals surface area contributed by atoms with Crippen molar-refractivity contribution in [2.24, 2.45) is 58.2 Å². The first kappa shape index (κ1) is 31.1. The van der Waals surface area contributed by atoms with Gasteiger partial charge < -0.3 is 10.2 Å². The molecule has 246 valence electrons. The number of carbonyl (C=O) groups excluding carboxylic acids is 2. The zero-order chi connectivity index (χ0) is 31.9. The summed E-state index contributed by atoms with van der Waals surface area (Å²) in [4.78, 5) is 24.3. The zero-order valence-corrected chi connectivity index (χ0v) is 28.2. The van der Waals surface area contributed by atoms with E-state index in [1.54, 1.807) is 0 Å². The molecule has 8 aliphatic carbocycles. The Bertz CT molecular complexity index is 1380. The lowest BCUT2D eigenvalue weighted by Crippen LogP contribution is -2.53. The summed E-state index contributed by atoms with van der Waals surface area (Å²) < 4.78 is 0. The fraction of sp³-hybridized carbons (Fsp3) is 0.762. The van der Waals surface area contributed by atoms with E-state index < -0.39 is 11.2 Å². The van der Waals surface area contributed by atoms with Crippen molar-refractivity contribution in [3.8, 4) is 23.7 Å². The summed E-state index contributed by atoms with van der Waals surface area (Å²) in [5.41, 5.74) is 0.383. The van der Waals surface area contributed by atoms with Crippen LogP contribution in [0.15, 0.2) is 23.3 Å². The summed E-state index contributed by atoms with van der Waals surface area (Å²) >= 11 is 0. The summed E-state index contributed by atoms with van der Waals surface area (Å²) in [7, 11) is 0. The molecule has 0 aromatic carbocycles. The molecule has 0 aliphatic heterocycles. The largest absolute Gasteiger partial charge is 0.377 e. The first-order valence-corrected chi connectivity index (χ1v) is 19.1. The van der Waals surface area contributed by atoms with Gasteiger partial charge in [0, 0.05) is 23.7 Å². The smallest absolute Gasteiger partial charge is 0.155 e. The molecule has 0 amide bonds. The van der Waals surface area contributed by atoms with E-state index in [0.717, 1.165) is 89.9 Å². The summed E-state index contributed by atoms with van der Waals surface area (Å²) in [5, 5.41) is 24.6. The van der Waals surface area contributed by atoms with Gasteiger partial charge in [-0.1, -0.05) is 36.8 Å². The molecule has 6 saturated carbocycles. The lowest BCUT2D eigenvalue weighted by molar-refractivity contribution is -0.118. The molecular formula is C42H54O4. The molecule has 8 rings (SSSR count). The minimum atomic E-state index is -1.03. The van der Waals surface area contributed by atoms with Crippen LogP contribution < -0.4 is 0 Å². The van der Waals surface area contributed by atoms with E-state index in [4.69, 9.17) is 0 Å². The van der Waals surface area contributed by atoms with E-state index >= 15 is 0 Å². The Hall–Kier alpha value is -2.14. The highest BCUT2D eigenvalue weighted by Gasteiger charge is 2.65. The number of aliphatic hydroxyl groups is 2. The third-order valence-corrected chi connectivity index (χ3v) is 16.2. The highest BCUT2D eigenvalue weighted by atomic mass is 16.3. The molecule has 4 heteroatoms. The average Bonchev–Trinajstić information content (AvgIpc) is 3.54. The Kier molecular flexibility index (Phi) is 7.59. The SMILES string of the molecule is CCC12CCC3C4CCC(=O)C=C4CCC3C1CCC2(O)C#CC#CC1(O)CCC2C3CCC4=CC(=O)CCC4C3CCC21CC. The van der Waals surface area contributed by atoms with Gasteiger partial charge in [0.25, 0.3) is 0 Å². The maximum absolute atomic E-state index is 12.3. The van der Waals surface area contributed by atoms with Crippen LogP contribution in [0.5, 0.6) is 0 Å². The van der Waals surface area contributed by atoms with Crippen molar-refractivity contribution in [2.45, 2.75) is 141 Å². The molecule has 8 aliphatic rings. The number of hydrogen-bond acceptors (Lipinski definition) is 4. The van der Waals surface area contributed by atoms with Gasteiger partial charge in [-0.2, -0.15) is 0 Å². The molecule has 4 nitrogen and oxygen atoms in total. The molecule has 0 spiro atoms. The van der Waals surface area contributed by atoms with Gasteiger partial charge in [-0.25, -0.2) is 0 Å². The lowest BCUT2D eigenvalue weighted by atomic mass is 9.49. The highest BCUT2D eigenvalue weighted by molar-refractivity contribution is 5.91. The van der Waals surface area contributed by atoms with Gasteiger partial charge in [0.1, 0.15) is 11.2 Å². The fourth-order valence-electron chi connectivity index (χ4n) is 14.1. The van der Waals surface area contributed by atoms with Gasteiger partial charge in [0.05, 0.1) is 0 Å². The van der Waals surface area contributed by atoms with Crippen LogP contribution in [-0.2, 0) is 9.59 Å². The van der Waals surface area contributed by atoms with E-state index in [1.807, 2.05) is 12.2 Å². The van der Waals surface area contributed by atoms with Gasteiger partial charge in [-0.05, 0) is 174 Å². The predicted octanol–water partition coefficient (Wildman–Crippen LogP) is 7.52. The molecule has 0 bridgehead atoms. The first-order chi connectivity index (χ1) is 22.2. The van der Waals surface area contributed by atoms with E-state index in [-0.39, 0.29) is 10.8 Å². The van der Waals surface area contributed by atoms with Crippen LogP contribution in [0.4, 0.5) is 0 Å². The Balaban J connectivity index is 1.02. The van der Waals surface area contributed by atoms with Crippen molar-refractivity contribution in [3.05, 3.63) is 23.3 Å². The third kappa shape index (κ3) is 4.34. The average molecular weight is 623 g/mol. The summed E-state index contributed by atoms with van der Waals surface area (Å²) in [6.07, 6.45) is 21.3. The molecule has 0 aromatic heterocycles. The quantitative estimate of drug-likeness (QED) is 0.313. The normalized spacial score (nSPS) is 48.9. The summed E-state index contributed by atoms with van der Waals surface area (Å²) in [5.74, 6) is 18.3. The molecule has 0 radical (unpaired) electrons. The zero-order valence-electron chi connectivity index (χ0n) is 28.2. The van der Waals surface area contributed by atoms with Crippen LogP contribution in [0, 0.1) is 81.9 Å². The lowest BCUT2D eigenvalue weighted by Gasteiger charge is -2.56. The molecular weight excluding hydrogens is 568 g/mol. The van der Waals surface area contributed by atoms with Crippen LogP contribution in [0.3, 0.4) is 0 Å². The highest BCUT2D eigenvalue weighted by Crippen LogP contribution is 2.67. The van der Waals surface area contributed by atoms with Gasteiger partial charge >= 0.3 is 0 Å². The van der Waals surface area contributed by atoms with Crippen LogP contribution in [0.2, 0.25) is 0 Å². The third-order valence-electron chi connectivity index (χ3n) is 16.2. The fourth-order valence-corrected chi connectivity index (χ4v) is 14.1. The van der Waals surface area contributed by atoms with Crippen LogP contribution in [-0.4, -0.2) is 33.0 Å². The number of allylic oxidation sites excluding steroid dienone is 2. The molecule has 6 fully saturated rings. The Morgan fingerprint density at radius 3 is 1.43 bits per heavy atom. The Morgan fingerprint density at radius 1 is 0.587 bits per heavy atom. The number of fused-ring (bicyclic) bond motifs is 10. The van der Waals surface area contributed by atoms with Crippen LogP contribution in [0.25, 0.3) is 0 Å². The summed E-state index contributed by atoms with van der Waals surface area (Å²) in [6, 6.07) is 0. The maximum Gasteiger partial charge on any atom is 0.155 e. The van der Waals surface area contributed by atoms with E-state index in [2.05, 4.69) is 37.5 Å². The molecule has 0 heterocycles. The van der Waals surface area contributed by atoms with Crippen molar-refractivity contribution in [1.29, 1.82) is 0 Å². The van der Waals surface area contributed by atoms with E-state index in [0.29, 0.717) is 84.6 Å². The molecule has 12 unspecified atom stereocenters. The van der Waals surface area contributed by atoms with Gasteiger partial charge in [0.2, 0.25) is 0 Å². The van der Waals surface area contributed by atoms with Crippen molar-refractivity contribution < 1.29 is 19.8 Å². The second kappa shape index (κ2) is 11.2. The standard InChI is InChI=1S/C42H54O4/c1-3-39-21-15-33-31-13-9-29(43)25-27(31)7-11-35(33)37(39)17-23-41(39,45)19-5-6-20-42(46)24-18-38-36-12-8-28-26-30(44)10-14-32(28)34(36)16-22-40(38,42)4-2/h25-26,31-38,45-46H,3-4,7-18,21-24H2,1-2H3. The van der Waals surface area contributed by atoms with Crippen molar-refractivity contribution in [1.82, 2.24) is 0 Å². The van der Waals surface area contributed by atoms with Gasteiger partial charge in [-0.15, -0.1) is 0 Å². The Morgan fingerprint density at radius 2 is 1.02 bits per heavy atom.